The van der Waals surface area contributed by atoms with Gasteiger partial charge in [0.15, 0.2) is 4.34 Å². The molecule has 6 nitrogen and oxygen atoms in total. The molecule has 0 aliphatic heterocycles. The second-order valence-electron chi connectivity index (χ2n) is 8.05. The summed E-state index contributed by atoms with van der Waals surface area (Å²) in [6, 6.07) is 5.54. The third-order valence-electron chi connectivity index (χ3n) is 5.90. The van der Waals surface area contributed by atoms with Crippen molar-refractivity contribution in [3.8, 4) is 5.75 Å². The topological polar surface area (TPSA) is 76.1 Å². The summed E-state index contributed by atoms with van der Waals surface area (Å²) in [6.45, 7) is 2.10. The number of nitrogens with zero attached hydrogens (tertiary/aromatic N) is 2. The van der Waals surface area contributed by atoms with Crippen molar-refractivity contribution >= 4 is 39.8 Å². The van der Waals surface area contributed by atoms with Gasteiger partial charge in [-0.2, -0.15) is 0 Å². The van der Waals surface area contributed by atoms with E-state index in [4.69, 9.17) is 0 Å². The maximum atomic E-state index is 12.3. The van der Waals surface area contributed by atoms with Crippen LogP contribution in [0, 0.1) is 17.8 Å². The number of carbonyl (C=O) groups is 1. The molecule has 11 heteroatoms. The van der Waals surface area contributed by atoms with Crippen LogP contribution in [0.4, 0.5) is 24.0 Å². The average Bonchev–Trinajstić information content (AvgIpc) is 3.44. The van der Waals surface area contributed by atoms with Gasteiger partial charge in [-0.1, -0.05) is 29.5 Å². The first-order valence-electron chi connectivity index (χ1n) is 10.1. The minimum atomic E-state index is -4.72. The fraction of sp³-hybridized carbons (Fsp3) is 0.550. The predicted molar refractivity (Wildman–Crippen MR) is 114 cm³/mol. The third-order valence-corrected chi connectivity index (χ3v) is 7.87. The van der Waals surface area contributed by atoms with E-state index in [1.165, 1.54) is 73.0 Å². The molecule has 31 heavy (non-hydrogen) atoms. The van der Waals surface area contributed by atoms with Crippen molar-refractivity contribution in [1.82, 2.24) is 15.5 Å². The van der Waals surface area contributed by atoms with Crippen LogP contribution in [-0.2, 0) is 4.79 Å². The average molecular weight is 473 g/mol. The van der Waals surface area contributed by atoms with Crippen molar-refractivity contribution in [2.24, 2.45) is 17.8 Å². The summed E-state index contributed by atoms with van der Waals surface area (Å²) in [5.74, 6) is 2.17. The summed E-state index contributed by atoms with van der Waals surface area (Å²) in [5.41, 5.74) is 0.555. The third kappa shape index (κ3) is 6.03. The van der Waals surface area contributed by atoms with Crippen LogP contribution in [0.1, 0.15) is 32.6 Å². The van der Waals surface area contributed by atoms with Gasteiger partial charge in [0.25, 0.3) is 0 Å². The van der Waals surface area contributed by atoms with E-state index in [9.17, 15) is 18.0 Å². The number of ether oxygens (including phenoxy) is 1. The lowest BCUT2D eigenvalue weighted by atomic mass is 9.84. The van der Waals surface area contributed by atoms with Crippen LogP contribution in [0.15, 0.2) is 28.6 Å². The Labute approximate surface area is 186 Å². The number of aromatic nitrogens is 2. The SMILES string of the molecule is C[C@H](NC(=O)CSc1nnc(Nc2ccc(OC(F)(F)F)cc2)s1)[C@H]1C[C@H]2CC[C@H]1C2. The molecule has 2 aliphatic carbocycles. The number of anilines is 2. The van der Waals surface area contributed by atoms with Crippen LogP contribution >= 0.6 is 23.1 Å². The Hall–Kier alpha value is -2.01. The molecular weight excluding hydrogens is 449 g/mol. The lowest BCUT2D eigenvalue weighted by Gasteiger charge is -2.28. The van der Waals surface area contributed by atoms with Crippen molar-refractivity contribution in [1.29, 1.82) is 0 Å². The van der Waals surface area contributed by atoms with Crippen LogP contribution in [0.25, 0.3) is 0 Å². The molecule has 2 fully saturated rings. The molecule has 168 valence electrons. The normalized spacial score (nSPS) is 23.5. The van der Waals surface area contributed by atoms with Gasteiger partial charge in [-0.15, -0.1) is 23.4 Å². The number of alkyl halides is 3. The van der Waals surface area contributed by atoms with Crippen LogP contribution in [-0.4, -0.2) is 34.3 Å². The molecule has 1 heterocycles. The van der Waals surface area contributed by atoms with E-state index >= 15 is 0 Å². The monoisotopic (exact) mass is 472 g/mol. The minimum Gasteiger partial charge on any atom is -0.406 e. The van der Waals surface area contributed by atoms with Gasteiger partial charge in [0.1, 0.15) is 5.75 Å². The highest BCUT2D eigenvalue weighted by Crippen LogP contribution is 2.49. The Balaban J connectivity index is 1.22. The Morgan fingerprint density at radius 1 is 1.26 bits per heavy atom. The highest BCUT2D eigenvalue weighted by molar-refractivity contribution is 8.01. The Kier molecular flexibility index (Phi) is 6.61. The number of nitrogens with one attached hydrogen (secondary N) is 2. The predicted octanol–water partition coefficient (Wildman–Crippen LogP) is 5.21. The number of hydrogen-bond acceptors (Lipinski definition) is 7. The number of carbonyl (C=O) groups excluding carboxylic acids is 1. The first-order chi connectivity index (χ1) is 14.7. The molecule has 4 rings (SSSR count). The van der Waals surface area contributed by atoms with E-state index < -0.39 is 6.36 Å². The van der Waals surface area contributed by atoms with Gasteiger partial charge in [0.05, 0.1) is 5.75 Å². The highest BCUT2D eigenvalue weighted by Gasteiger charge is 2.42. The number of thioether (sulfide) groups is 1. The first-order valence-corrected chi connectivity index (χ1v) is 11.9. The molecule has 2 N–H and O–H groups in total. The minimum absolute atomic E-state index is 0.00904. The van der Waals surface area contributed by atoms with Crippen molar-refractivity contribution < 1.29 is 22.7 Å². The second kappa shape index (κ2) is 9.23. The Bertz CT molecular complexity index is 907. The summed E-state index contributed by atoms with van der Waals surface area (Å²) in [6.07, 6.45) is 0.465. The standard InChI is InChI=1S/C20H23F3N4O2S2/c1-11(16-9-12-2-3-13(16)8-12)24-17(28)10-30-19-27-26-18(31-19)25-14-4-6-15(7-5-14)29-20(21,22)23/h4-7,11-13,16H,2-3,8-10H2,1H3,(H,24,28)(H,25,26)/t11-,12-,13-,16+/m0/s1. The molecule has 0 unspecified atom stereocenters. The molecule has 4 atom stereocenters. The van der Waals surface area contributed by atoms with Crippen LogP contribution in [0.3, 0.4) is 0 Å². The molecule has 0 spiro atoms. The largest absolute Gasteiger partial charge is 0.573 e. The van der Waals surface area contributed by atoms with E-state index in [0.717, 1.165) is 11.8 Å². The molecule has 1 aromatic carbocycles. The van der Waals surface area contributed by atoms with E-state index in [1.807, 2.05) is 0 Å². The zero-order chi connectivity index (χ0) is 22.0. The molecular formula is C20H23F3N4O2S2. The van der Waals surface area contributed by atoms with Crippen molar-refractivity contribution in [3.63, 3.8) is 0 Å². The summed E-state index contributed by atoms with van der Waals surface area (Å²) >= 11 is 2.59. The highest BCUT2D eigenvalue weighted by atomic mass is 32.2. The molecule has 2 aliphatic rings. The zero-order valence-corrected chi connectivity index (χ0v) is 18.4. The maximum Gasteiger partial charge on any atom is 0.573 e. The maximum absolute atomic E-state index is 12.3. The van der Waals surface area contributed by atoms with Gasteiger partial charge in [-0.25, -0.2) is 0 Å². The van der Waals surface area contributed by atoms with E-state index in [1.54, 1.807) is 0 Å². The number of halogens is 3. The molecule has 1 amide bonds. The van der Waals surface area contributed by atoms with Gasteiger partial charge < -0.3 is 15.4 Å². The summed E-state index contributed by atoms with van der Waals surface area (Å²) in [5, 5.41) is 14.7. The van der Waals surface area contributed by atoms with E-state index in [2.05, 4.69) is 32.5 Å². The molecule has 0 saturated heterocycles. The molecule has 2 saturated carbocycles. The van der Waals surface area contributed by atoms with Crippen molar-refractivity contribution in [3.05, 3.63) is 24.3 Å². The fourth-order valence-corrected chi connectivity index (χ4v) is 6.20. The van der Waals surface area contributed by atoms with Gasteiger partial charge in [0, 0.05) is 11.7 Å². The molecule has 2 bridgehead atoms. The molecule has 2 aromatic rings. The van der Waals surface area contributed by atoms with Gasteiger partial charge in [-0.3, -0.25) is 4.79 Å². The van der Waals surface area contributed by atoms with Crippen molar-refractivity contribution in [2.45, 2.75) is 49.4 Å². The fourth-order valence-electron chi connectivity index (χ4n) is 4.62. The summed E-state index contributed by atoms with van der Waals surface area (Å²) in [4.78, 5) is 12.3. The van der Waals surface area contributed by atoms with E-state index in [-0.39, 0.29) is 23.5 Å². The second-order valence-corrected chi connectivity index (χ2v) is 10.3. The first kappa shape index (κ1) is 22.2. The van der Waals surface area contributed by atoms with Gasteiger partial charge in [0.2, 0.25) is 11.0 Å². The zero-order valence-electron chi connectivity index (χ0n) is 16.8. The number of benzene rings is 1. The lowest BCUT2D eigenvalue weighted by molar-refractivity contribution is -0.274. The van der Waals surface area contributed by atoms with Gasteiger partial charge in [-0.05, 0) is 68.2 Å². The van der Waals surface area contributed by atoms with Crippen LogP contribution in [0.5, 0.6) is 5.75 Å². The number of hydrogen-bond donors (Lipinski definition) is 2. The smallest absolute Gasteiger partial charge is 0.406 e. The quantitative estimate of drug-likeness (QED) is 0.514. The van der Waals surface area contributed by atoms with Crippen LogP contribution < -0.4 is 15.4 Å². The summed E-state index contributed by atoms with van der Waals surface area (Å²) in [7, 11) is 0. The summed E-state index contributed by atoms with van der Waals surface area (Å²) < 4.78 is 41.1. The number of fused-ring (bicyclic) bond motifs is 2. The van der Waals surface area contributed by atoms with Crippen LogP contribution in [0.2, 0.25) is 0 Å². The lowest BCUT2D eigenvalue weighted by Crippen LogP contribution is -2.40. The number of amides is 1. The Morgan fingerprint density at radius 2 is 2.03 bits per heavy atom. The molecule has 0 radical (unpaired) electrons. The Morgan fingerprint density at radius 3 is 2.68 bits per heavy atom. The van der Waals surface area contributed by atoms with E-state index in [0.29, 0.717) is 21.1 Å². The van der Waals surface area contributed by atoms with Gasteiger partial charge >= 0.3 is 6.36 Å². The molecule has 1 aromatic heterocycles. The number of rotatable bonds is 8. The van der Waals surface area contributed by atoms with Crippen molar-refractivity contribution in [2.75, 3.05) is 11.1 Å².